The molecule has 0 saturated carbocycles. The summed E-state index contributed by atoms with van der Waals surface area (Å²) in [4.78, 5) is 28.6. The van der Waals surface area contributed by atoms with E-state index in [0.717, 1.165) is 17.6 Å². The van der Waals surface area contributed by atoms with Crippen molar-refractivity contribution in [3.8, 4) is 5.75 Å². The summed E-state index contributed by atoms with van der Waals surface area (Å²) in [5.74, 6) is 0.858. The van der Waals surface area contributed by atoms with Crippen molar-refractivity contribution < 1.29 is 9.53 Å². The van der Waals surface area contributed by atoms with Crippen LogP contribution in [0.15, 0.2) is 47.5 Å². The molecule has 0 unspecified atom stereocenters. The zero-order chi connectivity index (χ0) is 18.7. The second-order valence-corrected chi connectivity index (χ2v) is 6.33. The summed E-state index contributed by atoms with van der Waals surface area (Å²) in [6.45, 7) is 4.42. The predicted molar refractivity (Wildman–Crippen MR) is 101 cm³/mol. The first kappa shape index (κ1) is 17.7. The van der Waals surface area contributed by atoms with Crippen LogP contribution in [-0.2, 0) is 6.54 Å². The van der Waals surface area contributed by atoms with Crippen molar-refractivity contribution in [2.75, 3.05) is 12.4 Å². The van der Waals surface area contributed by atoms with Crippen molar-refractivity contribution in [3.05, 3.63) is 69.8 Å². The van der Waals surface area contributed by atoms with E-state index in [2.05, 4.69) is 10.3 Å². The van der Waals surface area contributed by atoms with E-state index in [4.69, 9.17) is 4.74 Å². The molecule has 0 aliphatic heterocycles. The van der Waals surface area contributed by atoms with E-state index in [-0.39, 0.29) is 11.5 Å². The van der Waals surface area contributed by atoms with Gasteiger partial charge in [-0.05, 0) is 29.7 Å². The van der Waals surface area contributed by atoms with Crippen molar-refractivity contribution in [1.29, 1.82) is 0 Å². The van der Waals surface area contributed by atoms with Crippen molar-refractivity contribution in [2.45, 2.75) is 26.3 Å². The molecular weight excluding hydrogens is 330 g/mol. The third-order valence-electron chi connectivity index (χ3n) is 4.32. The van der Waals surface area contributed by atoms with Crippen LogP contribution in [-0.4, -0.2) is 22.8 Å². The van der Waals surface area contributed by atoms with Crippen molar-refractivity contribution in [1.82, 2.24) is 9.38 Å². The largest absolute Gasteiger partial charge is 0.497 e. The average molecular weight is 351 g/mol. The number of methoxy groups -OCH3 is 1. The number of nitrogens with one attached hydrogen (secondary N) is 1. The fraction of sp³-hybridized carbons (Fsp3) is 0.250. The maximum Gasteiger partial charge on any atom is 0.261 e. The summed E-state index contributed by atoms with van der Waals surface area (Å²) in [5, 5.41) is 3.24. The second kappa shape index (κ2) is 7.39. The Bertz CT molecular complexity index is 992. The first-order chi connectivity index (χ1) is 12.5. The molecule has 0 fully saturated rings. The van der Waals surface area contributed by atoms with Crippen molar-refractivity contribution in [2.24, 2.45) is 0 Å². The highest BCUT2D eigenvalue weighted by molar-refractivity contribution is 5.92. The van der Waals surface area contributed by atoms with E-state index in [1.54, 1.807) is 25.6 Å². The first-order valence-electron chi connectivity index (χ1n) is 8.41. The monoisotopic (exact) mass is 351 g/mol. The molecular formula is C20H21N3O3. The molecule has 0 amide bonds. The standard InChI is InChI=1S/C20H21N3O3/c1-13(2)16-11-22-19-17(12-24)18(8-9-23(19)20(16)25)21-10-14-4-6-15(26-3)7-5-14/h4-9,11-13,21H,10H2,1-3H3. The highest BCUT2D eigenvalue weighted by Gasteiger charge is 2.13. The topological polar surface area (TPSA) is 72.7 Å². The Balaban J connectivity index is 1.94. The number of hydrogen-bond donors (Lipinski definition) is 1. The SMILES string of the molecule is COc1ccc(CNc2ccn3c(=O)c(C(C)C)cnc3c2C=O)cc1. The molecule has 134 valence electrons. The van der Waals surface area contributed by atoms with E-state index in [0.29, 0.717) is 29.0 Å². The molecule has 1 aromatic carbocycles. The Hall–Kier alpha value is -3.15. The molecule has 0 atom stereocenters. The lowest BCUT2D eigenvalue weighted by molar-refractivity contribution is 0.112. The van der Waals surface area contributed by atoms with Crippen LogP contribution in [0.4, 0.5) is 5.69 Å². The molecule has 0 radical (unpaired) electrons. The Kier molecular flexibility index (Phi) is 5.02. The Morgan fingerprint density at radius 3 is 2.58 bits per heavy atom. The van der Waals surface area contributed by atoms with Crippen LogP contribution >= 0.6 is 0 Å². The van der Waals surface area contributed by atoms with Gasteiger partial charge >= 0.3 is 0 Å². The van der Waals surface area contributed by atoms with Gasteiger partial charge < -0.3 is 10.1 Å². The average Bonchev–Trinajstić information content (AvgIpc) is 2.66. The molecule has 2 heterocycles. The number of carbonyl (C=O) groups excluding carboxylic acids is 1. The van der Waals surface area contributed by atoms with E-state index in [1.807, 2.05) is 38.1 Å². The minimum absolute atomic E-state index is 0.0689. The van der Waals surface area contributed by atoms with Gasteiger partial charge in [-0.25, -0.2) is 4.98 Å². The Morgan fingerprint density at radius 1 is 1.23 bits per heavy atom. The smallest absolute Gasteiger partial charge is 0.261 e. The number of aldehydes is 1. The molecule has 0 spiro atoms. The molecule has 26 heavy (non-hydrogen) atoms. The fourth-order valence-corrected chi connectivity index (χ4v) is 2.79. The quantitative estimate of drug-likeness (QED) is 0.690. The summed E-state index contributed by atoms with van der Waals surface area (Å²) < 4.78 is 6.58. The lowest BCUT2D eigenvalue weighted by Gasteiger charge is -2.13. The van der Waals surface area contributed by atoms with Crippen LogP contribution < -0.4 is 15.6 Å². The lowest BCUT2D eigenvalue weighted by Crippen LogP contribution is -2.21. The van der Waals surface area contributed by atoms with Crippen LogP contribution in [0, 0.1) is 0 Å². The number of hydrogen-bond acceptors (Lipinski definition) is 5. The minimum atomic E-state index is -0.144. The summed E-state index contributed by atoms with van der Waals surface area (Å²) in [5.41, 5.74) is 2.89. The molecule has 2 aromatic heterocycles. The maximum atomic E-state index is 12.6. The summed E-state index contributed by atoms with van der Waals surface area (Å²) >= 11 is 0. The highest BCUT2D eigenvalue weighted by atomic mass is 16.5. The van der Waals surface area contributed by atoms with Crippen molar-refractivity contribution >= 4 is 17.6 Å². The van der Waals surface area contributed by atoms with Gasteiger partial charge in [0.1, 0.15) is 5.75 Å². The maximum absolute atomic E-state index is 12.6. The molecule has 3 rings (SSSR count). The van der Waals surface area contributed by atoms with Gasteiger partial charge in [0, 0.05) is 24.5 Å². The first-order valence-corrected chi connectivity index (χ1v) is 8.41. The number of ether oxygens (including phenoxy) is 1. The fourth-order valence-electron chi connectivity index (χ4n) is 2.79. The molecule has 0 aliphatic rings. The minimum Gasteiger partial charge on any atom is -0.497 e. The predicted octanol–water partition coefficient (Wildman–Crippen LogP) is 3.25. The summed E-state index contributed by atoms with van der Waals surface area (Å²) in [6.07, 6.45) is 3.94. The number of benzene rings is 1. The van der Waals surface area contributed by atoms with Crippen LogP contribution in [0.1, 0.15) is 41.3 Å². The normalized spacial score (nSPS) is 10.9. The number of pyridine rings is 1. The number of fused-ring (bicyclic) bond motifs is 1. The number of aromatic nitrogens is 2. The van der Waals surface area contributed by atoms with Gasteiger partial charge in [0.25, 0.3) is 5.56 Å². The number of nitrogens with zero attached hydrogens (tertiary/aromatic N) is 2. The van der Waals surface area contributed by atoms with Gasteiger partial charge in [0.15, 0.2) is 11.9 Å². The van der Waals surface area contributed by atoms with E-state index < -0.39 is 0 Å². The van der Waals surface area contributed by atoms with Gasteiger partial charge in [-0.3, -0.25) is 14.0 Å². The molecule has 0 aliphatic carbocycles. The van der Waals surface area contributed by atoms with Gasteiger partial charge in [-0.2, -0.15) is 0 Å². The molecule has 3 aromatic rings. The van der Waals surface area contributed by atoms with Crippen LogP contribution in [0.25, 0.3) is 5.65 Å². The molecule has 0 saturated heterocycles. The second-order valence-electron chi connectivity index (χ2n) is 6.33. The third-order valence-corrected chi connectivity index (χ3v) is 4.32. The molecule has 1 N–H and O–H groups in total. The van der Waals surface area contributed by atoms with Gasteiger partial charge in [0.05, 0.1) is 18.4 Å². The van der Waals surface area contributed by atoms with Crippen LogP contribution in [0.3, 0.4) is 0 Å². The molecule has 6 nitrogen and oxygen atoms in total. The molecule has 0 bridgehead atoms. The Morgan fingerprint density at radius 2 is 1.96 bits per heavy atom. The van der Waals surface area contributed by atoms with Gasteiger partial charge in [-0.1, -0.05) is 26.0 Å². The Labute approximate surface area is 151 Å². The van der Waals surface area contributed by atoms with Crippen molar-refractivity contribution in [3.63, 3.8) is 0 Å². The number of rotatable bonds is 6. The summed E-state index contributed by atoms with van der Waals surface area (Å²) in [6, 6.07) is 9.39. The van der Waals surface area contributed by atoms with E-state index in [9.17, 15) is 9.59 Å². The van der Waals surface area contributed by atoms with Gasteiger partial charge in [0.2, 0.25) is 0 Å². The zero-order valence-corrected chi connectivity index (χ0v) is 15.0. The highest BCUT2D eigenvalue weighted by Crippen LogP contribution is 2.20. The summed E-state index contributed by atoms with van der Waals surface area (Å²) in [7, 11) is 1.62. The van der Waals surface area contributed by atoms with E-state index >= 15 is 0 Å². The lowest BCUT2D eigenvalue weighted by atomic mass is 10.1. The number of carbonyl (C=O) groups is 1. The van der Waals surface area contributed by atoms with Crippen LogP contribution in [0.2, 0.25) is 0 Å². The van der Waals surface area contributed by atoms with Gasteiger partial charge in [-0.15, -0.1) is 0 Å². The number of anilines is 1. The van der Waals surface area contributed by atoms with E-state index in [1.165, 1.54) is 4.40 Å². The third kappa shape index (κ3) is 3.31. The molecule has 6 heteroatoms. The van der Waals surface area contributed by atoms with Crippen LogP contribution in [0.5, 0.6) is 5.75 Å². The zero-order valence-electron chi connectivity index (χ0n) is 15.0.